The van der Waals surface area contributed by atoms with Crippen LogP contribution in [0.1, 0.15) is 30.1 Å². The minimum atomic E-state index is -0.737. The number of hydrogen-bond acceptors (Lipinski definition) is 7. The molecule has 2 heterocycles. The van der Waals surface area contributed by atoms with E-state index in [0.29, 0.717) is 60.7 Å². The van der Waals surface area contributed by atoms with Gasteiger partial charge in [-0.15, -0.1) is 0 Å². The van der Waals surface area contributed by atoms with E-state index in [4.69, 9.17) is 14.2 Å². The molecule has 0 unspecified atom stereocenters. The summed E-state index contributed by atoms with van der Waals surface area (Å²) in [4.78, 5) is 38.9. The molecule has 2 amide bonds. The van der Waals surface area contributed by atoms with Crippen molar-refractivity contribution in [3.8, 4) is 11.5 Å². The molecule has 10 heteroatoms. The predicted octanol–water partition coefficient (Wildman–Crippen LogP) is 1.75. The van der Waals surface area contributed by atoms with E-state index in [1.807, 2.05) is 17.7 Å². The number of pyridine rings is 1. The van der Waals surface area contributed by atoms with E-state index in [2.05, 4.69) is 10.6 Å². The number of aryl methyl sites for hydroxylation is 1. The minimum absolute atomic E-state index is 0.0143. The van der Waals surface area contributed by atoms with E-state index >= 15 is 0 Å². The molecule has 0 fully saturated rings. The number of amides is 2. The van der Waals surface area contributed by atoms with E-state index in [1.54, 1.807) is 31.0 Å². The third-order valence-electron chi connectivity index (χ3n) is 5.22. The van der Waals surface area contributed by atoms with Crippen LogP contribution >= 0.6 is 11.8 Å². The maximum Gasteiger partial charge on any atom is 0.257 e. The van der Waals surface area contributed by atoms with Crippen LogP contribution < -0.4 is 25.5 Å². The van der Waals surface area contributed by atoms with Crippen molar-refractivity contribution >= 4 is 34.5 Å². The third kappa shape index (κ3) is 5.36. The first-order chi connectivity index (χ1) is 15.5. The van der Waals surface area contributed by atoms with Crippen molar-refractivity contribution in [1.82, 2.24) is 15.2 Å². The topological polar surface area (TPSA) is 108 Å². The summed E-state index contributed by atoms with van der Waals surface area (Å²) in [5.74, 6) is 0.886. The van der Waals surface area contributed by atoms with Crippen molar-refractivity contribution < 1.29 is 23.8 Å². The fourth-order valence-corrected chi connectivity index (χ4v) is 3.97. The second kappa shape index (κ2) is 11.2. The van der Waals surface area contributed by atoms with Gasteiger partial charge in [-0.05, 0) is 37.8 Å². The lowest BCUT2D eigenvalue weighted by Crippen LogP contribution is -2.48. The van der Waals surface area contributed by atoms with Crippen molar-refractivity contribution in [2.45, 2.75) is 32.4 Å². The number of fused-ring (bicyclic) bond motifs is 2. The molecule has 32 heavy (non-hydrogen) atoms. The fraction of sp³-hybridized carbons (Fsp3) is 0.500. The molecule has 3 rings (SSSR count). The van der Waals surface area contributed by atoms with Crippen molar-refractivity contribution in [2.75, 3.05) is 39.1 Å². The summed E-state index contributed by atoms with van der Waals surface area (Å²) in [6, 6.07) is 2.62. The molecule has 0 bridgehead atoms. The summed E-state index contributed by atoms with van der Waals surface area (Å²) < 4.78 is 17.6. The lowest BCUT2D eigenvalue weighted by Gasteiger charge is -2.19. The summed E-state index contributed by atoms with van der Waals surface area (Å²) >= 11 is 1.58. The Morgan fingerprint density at radius 2 is 2.03 bits per heavy atom. The summed E-state index contributed by atoms with van der Waals surface area (Å²) in [5, 5.41) is 5.94. The molecule has 1 aromatic heterocycles. The van der Waals surface area contributed by atoms with Crippen LogP contribution in [-0.4, -0.2) is 61.5 Å². The number of hydrogen-bond donors (Lipinski definition) is 2. The van der Waals surface area contributed by atoms with Gasteiger partial charge in [-0.1, -0.05) is 0 Å². The number of ether oxygens (including phenoxy) is 3. The molecule has 1 aliphatic rings. The number of benzene rings is 1. The zero-order chi connectivity index (χ0) is 23.1. The average molecular weight is 464 g/mol. The first-order valence-electron chi connectivity index (χ1n) is 10.5. The van der Waals surface area contributed by atoms with Gasteiger partial charge < -0.3 is 29.4 Å². The van der Waals surface area contributed by atoms with Gasteiger partial charge >= 0.3 is 0 Å². The Morgan fingerprint density at radius 1 is 1.28 bits per heavy atom. The highest BCUT2D eigenvalue weighted by Gasteiger charge is 2.24. The lowest BCUT2D eigenvalue weighted by atomic mass is 10.1. The van der Waals surface area contributed by atoms with Crippen molar-refractivity contribution in [1.29, 1.82) is 0 Å². The summed E-state index contributed by atoms with van der Waals surface area (Å²) in [6.45, 7) is 3.55. The first kappa shape index (κ1) is 23.9. The van der Waals surface area contributed by atoms with E-state index in [9.17, 15) is 14.4 Å². The molecular weight excluding hydrogens is 434 g/mol. The van der Waals surface area contributed by atoms with Crippen LogP contribution in [-0.2, 0) is 16.1 Å². The molecule has 0 aliphatic carbocycles. The van der Waals surface area contributed by atoms with Crippen molar-refractivity contribution in [3.05, 3.63) is 34.1 Å². The molecule has 2 N–H and O–H groups in total. The van der Waals surface area contributed by atoms with Gasteiger partial charge in [-0.25, -0.2) is 0 Å². The highest BCUT2D eigenvalue weighted by molar-refractivity contribution is 7.98. The Kier molecular flexibility index (Phi) is 8.40. The SMILES string of the molecule is CCn1cc(C(=O)N[C@H](CCSC)C(=O)NCCCOC)c(=O)c2cc3c(cc21)OCO3. The predicted molar refractivity (Wildman–Crippen MR) is 124 cm³/mol. The van der Waals surface area contributed by atoms with E-state index in [1.165, 1.54) is 6.20 Å². The van der Waals surface area contributed by atoms with Crippen LogP contribution in [0.3, 0.4) is 0 Å². The van der Waals surface area contributed by atoms with Crippen LogP contribution in [0.25, 0.3) is 10.9 Å². The molecule has 1 aliphatic heterocycles. The zero-order valence-electron chi connectivity index (χ0n) is 18.6. The summed E-state index contributed by atoms with van der Waals surface area (Å²) in [7, 11) is 1.60. The second-order valence-corrected chi connectivity index (χ2v) is 8.31. The Hall–Kier alpha value is -2.72. The smallest absolute Gasteiger partial charge is 0.257 e. The Morgan fingerprint density at radius 3 is 2.72 bits per heavy atom. The number of rotatable bonds is 11. The standard InChI is InChI=1S/C22H29N3O6S/c1-4-25-12-15(20(26)14-10-18-19(11-17(14)25)31-13-30-18)21(27)24-16(6-9-32-3)22(28)23-7-5-8-29-2/h10-12,16H,4-9,13H2,1-3H3,(H,23,28)(H,24,27)/t16-/m1/s1. The number of nitrogens with zero attached hydrogens (tertiary/aromatic N) is 1. The third-order valence-corrected chi connectivity index (χ3v) is 5.86. The van der Waals surface area contributed by atoms with Gasteiger partial charge in [0.15, 0.2) is 11.5 Å². The lowest BCUT2D eigenvalue weighted by molar-refractivity contribution is -0.123. The van der Waals surface area contributed by atoms with E-state index in [-0.39, 0.29) is 18.3 Å². The van der Waals surface area contributed by atoms with Crippen molar-refractivity contribution in [2.24, 2.45) is 0 Å². The van der Waals surface area contributed by atoms with Gasteiger partial charge in [0, 0.05) is 39.1 Å². The highest BCUT2D eigenvalue weighted by atomic mass is 32.2. The molecule has 9 nitrogen and oxygen atoms in total. The molecule has 2 aromatic rings. The first-order valence-corrected chi connectivity index (χ1v) is 11.9. The van der Waals surface area contributed by atoms with Crippen LogP contribution in [0.15, 0.2) is 23.1 Å². The van der Waals surface area contributed by atoms with Gasteiger partial charge in [-0.2, -0.15) is 11.8 Å². The molecule has 0 saturated carbocycles. The summed E-state index contributed by atoms with van der Waals surface area (Å²) in [5.41, 5.74) is 0.234. The van der Waals surface area contributed by atoms with Gasteiger partial charge in [-0.3, -0.25) is 14.4 Å². The number of aromatic nitrogens is 1. The maximum absolute atomic E-state index is 13.2. The molecule has 174 valence electrons. The molecular formula is C22H29N3O6S. The normalized spacial score (nSPS) is 13.2. The number of methoxy groups -OCH3 is 1. The molecule has 1 aromatic carbocycles. The Balaban J connectivity index is 1.86. The number of thioether (sulfide) groups is 1. The van der Waals surface area contributed by atoms with Crippen LogP contribution in [0.5, 0.6) is 11.5 Å². The molecule has 0 saturated heterocycles. The van der Waals surface area contributed by atoms with Gasteiger partial charge in [0.1, 0.15) is 11.6 Å². The zero-order valence-corrected chi connectivity index (χ0v) is 19.4. The van der Waals surface area contributed by atoms with Gasteiger partial charge in [0.25, 0.3) is 5.91 Å². The Bertz CT molecular complexity index is 1040. The number of nitrogens with one attached hydrogen (secondary N) is 2. The summed E-state index contributed by atoms with van der Waals surface area (Å²) in [6.07, 6.45) is 4.60. The van der Waals surface area contributed by atoms with E-state index in [0.717, 1.165) is 0 Å². The van der Waals surface area contributed by atoms with E-state index < -0.39 is 17.4 Å². The largest absolute Gasteiger partial charge is 0.454 e. The average Bonchev–Trinajstić information content (AvgIpc) is 3.26. The molecule has 0 radical (unpaired) electrons. The number of carbonyl (C=O) groups is 2. The van der Waals surface area contributed by atoms with Gasteiger partial charge in [0.2, 0.25) is 18.1 Å². The quantitative estimate of drug-likeness (QED) is 0.489. The fourth-order valence-electron chi connectivity index (χ4n) is 3.50. The van der Waals surface area contributed by atoms with Crippen LogP contribution in [0.2, 0.25) is 0 Å². The maximum atomic E-state index is 13.2. The molecule has 0 spiro atoms. The number of carbonyl (C=O) groups excluding carboxylic acids is 2. The van der Waals surface area contributed by atoms with Gasteiger partial charge in [0.05, 0.1) is 10.9 Å². The van der Waals surface area contributed by atoms with Crippen molar-refractivity contribution in [3.63, 3.8) is 0 Å². The van der Waals surface area contributed by atoms with Crippen LogP contribution in [0, 0.1) is 0 Å². The minimum Gasteiger partial charge on any atom is -0.454 e. The van der Waals surface area contributed by atoms with Crippen LogP contribution in [0.4, 0.5) is 0 Å². The Labute approximate surface area is 190 Å². The molecule has 1 atom stereocenters. The highest BCUT2D eigenvalue weighted by Crippen LogP contribution is 2.35. The second-order valence-electron chi connectivity index (χ2n) is 7.33. The monoisotopic (exact) mass is 463 g/mol.